The van der Waals surface area contributed by atoms with Gasteiger partial charge in [0, 0.05) is 5.56 Å². The molecule has 0 aliphatic rings. The smallest absolute Gasteiger partial charge is 0.183 e. The van der Waals surface area contributed by atoms with E-state index in [-0.39, 0.29) is 6.29 Å². The Morgan fingerprint density at radius 2 is 1.26 bits per heavy atom. The highest BCUT2D eigenvalue weighted by atomic mass is 16.7. The zero-order chi connectivity index (χ0) is 14.1. The summed E-state index contributed by atoms with van der Waals surface area (Å²) in [6.45, 7) is 10.3. The largest absolute Gasteiger partial charge is 0.348 e. The van der Waals surface area contributed by atoms with Crippen LogP contribution in [0, 0.1) is 11.8 Å². The molecule has 0 radical (unpaired) electrons. The molecule has 108 valence electrons. The Kier molecular flexibility index (Phi) is 7.76. The third-order valence-corrected chi connectivity index (χ3v) is 3.00. The minimum absolute atomic E-state index is 0.223. The molecule has 2 heteroatoms. The molecule has 0 unspecified atom stereocenters. The van der Waals surface area contributed by atoms with Crippen LogP contribution in [0.15, 0.2) is 30.3 Å². The van der Waals surface area contributed by atoms with E-state index >= 15 is 0 Å². The van der Waals surface area contributed by atoms with Crippen LogP contribution in [-0.4, -0.2) is 13.2 Å². The van der Waals surface area contributed by atoms with Gasteiger partial charge in [0.05, 0.1) is 13.2 Å². The zero-order valence-electron chi connectivity index (χ0n) is 12.8. The normalized spacial score (nSPS) is 11.7. The van der Waals surface area contributed by atoms with Gasteiger partial charge in [-0.1, -0.05) is 58.0 Å². The highest BCUT2D eigenvalue weighted by Gasteiger charge is 2.12. The van der Waals surface area contributed by atoms with Crippen molar-refractivity contribution in [2.45, 2.75) is 46.8 Å². The Bertz CT molecular complexity index is 305. The molecule has 0 bridgehead atoms. The van der Waals surface area contributed by atoms with Gasteiger partial charge in [0.1, 0.15) is 0 Å². The van der Waals surface area contributed by atoms with Crippen molar-refractivity contribution in [3.05, 3.63) is 35.9 Å². The first-order valence-electron chi connectivity index (χ1n) is 7.37. The van der Waals surface area contributed by atoms with Crippen molar-refractivity contribution in [2.24, 2.45) is 11.8 Å². The molecule has 0 spiro atoms. The highest BCUT2D eigenvalue weighted by Crippen LogP contribution is 2.20. The van der Waals surface area contributed by atoms with Gasteiger partial charge in [-0.15, -0.1) is 0 Å². The number of rotatable bonds is 9. The van der Waals surface area contributed by atoms with E-state index in [0.29, 0.717) is 11.8 Å². The molecule has 1 aromatic rings. The maximum atomic E-state index is 5.90. The van der Waals surface area contributed by atoms with Crippen molar-refractivity contribution in [2.75, 3.05) is 13.2 Å². The van der Waals surface area contributed by atoms with Gasteiger partial charge in [-0.05, 0) is 24.7 Å². The summed E-state index contributed by atoms with van der Waals surface area (Å²) in [6, 6.07) is 10.2. The molecule has 0 aliphatic heterocycles. The quantitative estimate of drug-likeness (QED) is 0.596. The van der Waals surface area contributed by atoms with E-state index < -0.39 is 0 Å². The number of ether oxygens (including phenoxy) is 2. The third kappa shape index (κ3) is 7.34. The van der Waals surface area contributed by atoms with Crippen molar-refractivity contribution < 1.29 is 9.47 Å². The Morgan fingerprint density at radius 1 is 0.789 bits per heavy atom. The summed E-state index contributed by atoms with van der Waals surface area (Å²) in [7, 11) is 0. The SMILES string of the molecule is CC(C)CCOC(OCCC(C)C)c1ccccc1. The van der Waals surface area contributed by atoms with Gasteiger partial charge in [-0.25, -0.2) is 0 Å². The molecular formula is C17H28O2. The third-order valence-electron chi connectivity index (χ3n) is 3.00. The van der Waals surface area contributed by atoms with Crippen LogP contribution in [0.2, 0.25) is 0 Å². The first-order valence-corrected chi connectivity index (χ1v) is 7.37. The van der Waals surface area contributed by atoms with E-state index in [2.05, 4.69) is 39.8 Å². The molecule has 0 aliphatic carbocycles. The molecule has 0 amide bonds. The molecule has 0 saturated heterocycles. The topological polar surface area (TPSA) is 18.5 Å². The summed E-state index contributed by atoms with van der Waals surface area (Å²) in [5.41, 5.74) is 1.11. The van der Waals surface area contributed by atoms with E-state index in [1.54, 1.807) is 0 Å². The molecule has 0 aromatic heterocycles. The molecular weight excluding hydrogens is 236 g/mol. The molecule has 1 rings (SSSR count). The predicted octanol–water partition coefficient (Wildman–Crippen LogP) is 4.81. The second-order valence-corrected chi connectivity index (χ2v) is 5.85. The van der Waals surface area contributed by atoms with Crippen molar-refractivity contribution in [3.8, 4) is 0 Å². The monoisotopic (exact) mass is 264 g/mol. The fourth-order valence-electron chi connectivity index (χ4n) is 1.67. The Labute approximate surface area is 118 Å². The van der Waals surface area contributed by atoms with Gasteiger partial charge in [0.15, 0.2) is 6.29 Å². The summed E-state index contributed by atoms with van der Waals surface area (Å²) >= 11 is 0. The fourth-order valence-corrected chi connectivity index (χ4v) is 1.67. The van der Waals surface area contributed by atoms with E-state index in [9.17, 15) is 0 Å². The Hall–Kier alpha value is -0.860. The van der Waals surface area contributed by atoms with E-state index in [0.717, 1.165) is 31.6 Å². The lowest BCUT2D eigenvalue weighted by Crippen LogP contribution is -2.12. The zero-order valence-corrected chi connectivity index (χ0v) is 12.8. The molecule has 0 saturated carbocycles. The van der Waals surface area contributed by atoms with Crippen LogP contribution in [0.3, 0.4) is 0 Å². The number of benzene rings is 1. The van der Waals surface area contributed by atoms with Crippen LogP contribution in [0.5, 0.6) is 0 Å². The first-order chi connectivity index (χ1) is 9.09. The second-order valence-electron chi connectivity index (χ2n) is 5.85. The van der Waals surface area contributed by atoms with Gasteiger partial charge in [-0.2, -0.15) is 0 Å². The van der Waals surface area contributed by atoms with Gasteiger partial charge in [-0.3, -0.25) is 0 Å². The Balaban J connectivity index is 2.48. The van der Waals surface area contributed by atoms with Crippen LogP contribution >= 0.6 is 0 Å². The molecule has 19 heavy (non-hydrogen) atoms. The molecule has 1 aromatic carbocycles. The van der Waals surface area contributed by atoms with Crippen molar-refractivity contribution in [1.82, 2.24) is 0 Å². The van der Waals surface area contributed by atoms with Crippen LogP contribution in [0.1, 0.15) is 52.4 Å². The lowest BCUT2D eigenvalue weighted by Gasteiger charge is -2.20. The van der Waals surface area contributed by atoms with Crippen LogP contribution in [-0.2, 0) is 9.47 Å². The van der Waals surface area contributed by atoms with Crippen LogP contribution < -0.4 is 0 Å². The minimum atomic E-state index is -0.223. The van der Waals surface area contributed by atoms with Gasteiger partial charge in [0.2, 0.25) is 0 Å². The van der Waals surface area contributed by atoms with Crippen molar-refractivity contribution in [3.63, 3.8) is 0 Å². The fraction of sp³-hybridized carbons (Fsp3) is 0.647. The summed E-state index contributed by atoms with van der Waals surface area (Å²) < 4.78 is 11.8. The van der Waals surface area contributed by atoms with Gasteiger partial charge < -0.3 is 9.47 Å². The van der Waals surface area contributed by atoms with Crippen LogP contribution in [0.4, 0.5) is 0 Å². The number of hydrogen-bond acceptors (Lipinski definition) is 2. The average molecular weight is 264 g/mol. The Morgan fingerprint density at radius 3 is 1.68 bits per heavy atom. The maximum absolute atomic E-state index is 5.90. The molecule has 0 heterocycles. The number of hydrogen-bond donors (Lipinski definition) is 0. The van der Waals surface area contributed by atoms with E-state index in [1.807, 2.05) is 18.2 Å². The van der Waals surface area contributed by atoms with Gasteiger partial charge >= 0.3 is 0 Å². The lowest BCUT2D eigenvalue weighted by atomic mass is 10.1. The van der Waals surface area contributed by atoms with Crippen molar-refractivity contribution >= 4 is 0 Å². The minimum Gasteiger partial charge on any atom is -0.348 e. The highest BCUT2D eigenvalue weighted by molar-refractivity contribution is 5.15. The van der Waals surface area contributed by atoms with E-state index in [4.69, 9.17) is 9.47 Å². The predicted molar refractivity (Wildman–Crippen MR) is 80.0 cm³/mol. The second kappa shape index (κ2) is 9.11. The standard InChI is InChI=1S/C17H28O2/c1-14(2)10-12-18-17(19-13-11-15(3)4)16-8-6-5-7-9-16/h5-9,14-15,17H,10-13H2,1-4H3. The average Bonchev–Trinajstić information content (AvgIpc) is 2.37. The molecule has 0 fully saturated rings. The van der Waals surface area contributed by atoms with Gasteiger partial charge in [0.25, 0.3) is 0 Å². The van der Waals surface area contributed by atoms with Crippen LogP contribution in [0.25, 0.3) is 0 Å². The molecule has 2 nitrogen and oxygen atoms in total. The van der Waals surface area contributed by atoms with Crippen molar-refractivity contribution in [1.29, 1.82) is 0 Å². The molecule has 0 atom stereocenters. The lowest BCUT2D eigenvalue weighted by molar-refractivity contribution is -0.150. The molecule has 0 N–H and O–H groups in total. The first kappa shape index (κ1) is 16.2. The maximum Gasteiger partial charge on any atom is 0.183 e. The summed E-state index contributed by atoms with van der Waals surface area (Å²) in [4.78, 5) is 0. The summed E-state index contributed by atoms with van der Waals surface area (Å²) in [5, 5.41) is 0. The summed E-state index contributed by atoms with van der Waals surface area (Å²) in [6.07, 6.45) is 1.91. The summed E-state index contributed by atoms with van der Waals surface area (Å²) in [5.74, 6) is 1.32. The van der Waals surface area contributed by atoms with E-state index in [1.165, 1.54) is 0 Å².